The Morgan fingerprint density at radius 3 is 2.59 bits per heavy atom. The Kier molecular flexibility index (Phi) is 3.54. The minimum absolute atomic E-state index is 0.0814. The van der Waals surface area contributed by atoms with Crippen LogP contribution in [0.4, 0.5) is 0 Å². The van der Waals surface area contributed by atoms with Crippen molar-refractivity contribution in [2.75, 3.05) is 7.11 Å². The van der Waals surface area contributed by atoms with Gasteiger partial charge in [0.1, 0.15) is 5.75 Å². The molecule has 0 atom stereocenters. The van der Waals surface area contributed by atoms with Crippen molar-refractivity contribution in [3.8, 4) is 5.75 Å². The van der Waals surface area contributed by atoms with Gasteiger partial charge in [-0.2, -0.15) is 0 Å². The minimum atomic E-state index is 0.0814. The zero-order chi connectivity index (χ0) is 12.3. The van der Waals surface area contributed by atoms with Crippen LogP contribution < -0.4 is 4.74 Å². The molecule has 0 saturated heterocycles. The minimum Gasteiger partial charge on any atom is -0.497 e. The monoisotopic (exact) mass is 247 g/mol. The maximum absolute atomic E-state index is 11.9. The van der Waals surface area contributed by atoms with Crippen LogP contribution in [0.3, 0.4) is 0 Å². The van der Waals surface area contributed by atoms with Crippen molar-refractivity contribution < 1.29 is 9.53 Å². The van der Waals surface area contributed by atoms with E-state index in [4.69, 9.17) is 4.74 Å². The van der Waals surface area contributed by atoms with Gasteiger partial charge in [0.15, 0.2) is 5.78 Å². The van der Waals surface area contributed by atoms with Crippen molar-refractivity contribution in [2.24, 2.45) is 0 Å². The van der Waals surface area contributed by atoms with E-state index in [0.717, 1.165) is 16.5 Å². The normalized spacial score (nSPS) is 10.2. The average molecular weight is 247 g/mol. The first-order valence-corrected chi connectivity index (χ1v) is 6.15. The first kappa shape index (κ1) is 11.8. The van der Waals surface area contributed by atoms with Crippen LogP contribution in [0.1, 0.15) is 21.1 Å². The van der Waals surface area contributed by atoms with Gasteiger partial charge in [-0.1, -0.05) is 0 Å². The lowest BCUT2D eigenvalue weighted by molar-refractivity contribution is 0.0992. The Morgan fingerprint density at radius 1 is 1.35 bits per heavy atom. The summed E-state index contributed by atoms with van der Waals surface area (Å²) in [5, 5.41) is 2.92. The van der Waals surface area contributed by atoms with Crippen LogP contribution in [0, 0.1) is 6.92 Å². The molecular formula is C13H13NO2S. The SMILES string of the molecule is COc1ccc(C(=O)Cc2csc(C)n2)cc1. The quantitative estimate of drug-likeness (QED) is 0.780. The lowest BCUT2D eigenvalue weighted by atomic mass is 10.1. The molecule has 0 saturated carbocycles. The third kappa shape index (κ3) is 2.91. The molecule has 17 heavy (non-hydrogen) atoms. The molecule has 1 aromatic heterocycles. The summed E-state index contributed by atoms with van der Waals surface area (Å²) < 4.78 is 5.05. The van der Waals surface area contributed by atoms with Crippen molar-refractivity contribution in [1.29, 1.82) is 0 Å². The van der Waals surface area contributed by atoms with Gasteiger partial charge in [-0.15, -0.1) is 11.3 Å². The Bertz CT molecular complexity index is 516. The number of Topliss-reactive ketones (excluding diaryl/α,β-unsaturated/α-hetero) is 1. The molecule has 0 aliphatic heterocycles. The van der Waals surface area contributed by atoms with E-state index < -0.39 is 0 Å². The molecule has 1 heterocycles. The van der Waals surface area contributed by atoms with Crippen LogP contribution in [-0.2, 0) is 6.42 Å². The zero-order valence-electron chi connectivity index (χ0n) is 9.77. The Hall–Kier alpha value is -1.68. The predicted molar refractivity (Wildman–Crippen MR) is 67.9 cm³/mol. The summed E-state index contributed by atoms with van der Waals surface area (Å²) in [5.41, 5.74) is 1.53. The molecular weight excluding hydrogens is 234 g/mol. The lowest BCUT2D eigenvalue weighted by Crippen LogP contribution is -2.03. The number of rotatable bonds is 4. The molecule has 88 valence electrons. The number of benzene rings is 1. The number of carbonyl (C=O) groups excluding carboxylic acids is 1. The second kappa shape index (κ2) is 5.10. The fourth-order valence-electron chi connectivity index (χ4n) is 1.53. The molecule has 0 aliphatic carbocycles. The van der Waals surface area contributed by atoms with Gasteiger partial charge in [-0.05, 0) is 31.2 Å². The van der Waals surface area contributed by atoms with Crippen molar-refractivity contribution >= 4 is 17.1 Å². The van der Waals surface area contributed by atoms with E-state index in [9.17, 15) is 4.79 Å². The highest BCUT2D eigenvalue weighted by atomic mass is 32.1. The van der Waals surface area contributed by atoms with Gasteiger partial charge in [0.05, 0.1) is 24.2 Å². The number of aromatic nitrogens is 1. The van der Waals surface area contributed by atoms with Crippen molar-refractivity contribution in [1.82, 2.24) is 4.98 Å². The van der Waals surface area contributed by atoms with Crippen LogP contribution in [-0.4, -0.2) is 17.9 Å². The molecule has 0 amide bonds. The van der Waals surface area contributed by atoms with Gasteiger partial charge in [-0.3, -0.25) is 4.79 Å². The number of ether oxygens (including phenoxy) is 1. The summed E-state index contributed by atoms with van der Waals surface area (Å²) in [6.07, 6.45) is 0.358. The van der Waals surface area contributed by atoms with Gasteiger partial charge in [0.2, 0.25) is 0 Å². The molecule has 0 unspecified atom stereocenters. The number of carbonyl (C=O) groups is 1. The Balaban J connectivity index is 2.09. The van der Waals surface area contributed by atoms with Crippen LogP contribution in [0.2, 0.25) is 0 Å². The fraction of sp³-hybridized carbons (Fsp3) is 0.231. The number of methoxy groups -OCH3 is 1. The maximum atomic E-state index is 11.9. The van der Waals surface area contributed by atoms with E-state index in [-0.39, 0.29) is 5.78 Å². The Morgan fingerprint density at radius 2 is 2.06 bits per heavy atom. The lowest BCUT2D eigenvalue weighted by Gasteiger charge is -2.01. The predicted octanol–water partition coefficient (Wildman–Crippen LogP) is 2.89. The van der Waals surface area contributed by atoms with Crippen molar-refractivity contribution in [3.05, 3.63) is 45.9 Å². The zero-order valence-corrected chi connectivity index (χ0v) is 10.6. The molecule has 0 aliphatic rings. The average Bonchev–Trinajstić information content (AvgIpc) is 2.75. The van der Waals surface area contributed by atoms with E-state index in [1.165, 1.54) is 0 Å². The molecule has 0 fully saturated rings. The summed E-state index contributed by atoms with van der Waals surface area (Å²) in [5.74, 6) is 0.837. The number of nitrogens with zero attached hydrogens (tertiary/aromatic N) is 1. The van der Waals surface area contributed by atoms with E-state index in [0.29, 0.717) is 12.0 Å². The van der Waals surface area contributed by atoms with E-state index >= 15 is 0 Å². The molecule has 0 bridgehead atoms. The maximum Gasteiger partial charge on any atom is 0.168 e. The van der Waals surface area contributed by atoms with Crippen LogP contribution >= 0.6 is 11.3 Å². The second-order valence-electron chi connectivity index (χ2n) is 3.69. The van der Waals surface area contributed by atoms with Gasteiger partial charge in [0, 0.05) is 10.9 Å². The molecule has 0 radical (unpaired) electrons. The van der Waals surface area contributed by atoms with Gasteiger partial charge in [-0.25, -0.2) is 4.98 Å². The summed E-state index contributed by atoms with van der Waals surface area (Å²) in [6.45, 7) is 1.94. The number of hydrogen-bond acceptors (Lipinski definition) is 4. The third-order valence-electron chi connectivity index (χ3n) is 2.42. The van der Waals surface area contributed by atoms with Crippen molar-refractivity contribution in [3.63, 3.8) is 0 Å². The largest absolute Gasteiger partial charge is 0.497 e. The second-order valence-corrected chi connectivity index (χ2v) is 4.75. The molecule has 0 N–H and O–H groups in total. The van der Waals surface area contributed by atoms with E-state index in [1.807, 2.05) is 12.3 Å². The van der Waals surface area contributed by atoms with Gasteiger partial charge < -0.3 is 4.74 Å². The number of aryl methyl sites for hydroxylation is 1. The summed E-state index contributed by atoms with van der Waals surface area (Å²) >= 11 is 1.56. The first-order chi connectivity index (χ1) is 8.19. The van der Waals surface area contributed by atoms with Gasteiger partial charge in [0.25, 0.3) is 0 Å². The molecule has 4 heteroatoms. The fourth-order valence-corrected chi connectivity index (χ4v) is 2.15. The molecule has 0 spiro atoms. The Labute approximate surface area is 104 Å². The molecule has 3 nitrogen and oxygen atoms in total. The smallest absolute Gasteiger partial charge is 0.168 e. The first-order valence-electron chi connectivity index (χ1n) is 5.27. The van der Waals surface area contributed by atoms with Crippen LogP contribution in [0.5, 0.6) is 5.75 Å². The topological polar surface area (TPSA) is 39.2 Å². The molecule has 1 aromatic carbocycles. The van der Waals surface area contributed by atoms with Crippen molar-refractivity contribution in [2.45, 2.75) is 13.3 Å². The summed E-state index contributed by atoms with van der Waals surface area (Å²) in [4.78, 5) is 16.2. The van der Waals surface area contributed by atoms with Crippen LogP contribution in [0.15, 0.2) is 29.6 Å². The molecule has 2 aromatic rings. The van der Waals surface area contributed by atoms with E-state index in [1.54, 1.807) is 42.7 Å². The summed E-state index contributed by atoms with van der Waals surface area (Å²) in [6, 6.07) is 7.14. The summed E-state index contributed by atoms with van der Waals surface area (Å²) in [7, 11) is 1.61. The number of thiazole rings is 1. The van der Waals surface area contributed by atoms with Gasteiger partial charge >= 0.3 is 0 Å². The number of hydrogen-bond donors (Lipinski definition) is 0. The van der Waals surface area contributed by atoms with Crippen LogP contribution in [0.25, 0.3) is 0 Å². The highest BCUT2D eigenvalue weighted by Gasteiger charge is 2.09. The standard InChI is InChI=1S/C13H13NO2S/c1-9-14-11(8-17-9)7-13(15)10-3-5-12(16-2)6-4-10/h3-6,8H,7H2,1-2H3. The highest BCUT2D eigenvalue weighted by molar-refractivity contribution is 7.09. The molecule has 2 rings (SSSR count). The number of ketones is 1. The van der Waals surface area contributed by atoms with E-state index in [2.05, 4.69) is 4.98 Å². The highest BCUT2D eigenvalue weighted by Crippen LogP contribution is 2.14. The third-order valence-corrected chi connectivity index (χ3v) is 3.24.